The van der Waals surface area contributed by atoms with Crippen LogP contribution in [0.15, 0.2) is 42.6 Å². The molecule has 0 spiro atoms. The van der Waals surface area contributed by atoms with Crippen LogP contribution in [-0.4, -0.2) is 39.8 Å². The summed E-state index contributed by atoms with van der Waals surface area (Å²) in [5, 5.41) is 3.87. The van der Waals surface area contributed by atoms with Crippen LogP contribution in [0.1, 0.15) is 28.5 Å². The molecule has 0 aliphatic carbocycles. The minimum Gasteiger partial charge on any atom is -0.338 e. The van der Waals surface area contributed by atoms with Crippen LogP contribution in [-0.2, 0) is 16.0 Å². The molecule has 140 valence electrons. The summed E-state index contributed by atoms with van der Waals surface area (Å²) in [6.07, 6.45) is 6.21. The van der Waals surface area contributed by atoms with Gasteiger partial charge in [-0.05, 0) is 41.8 Å². The molecular formula is C21H18N4O2S. The largest absolute Gasteiger partial charge is 0.338 e. The third kappa shape index (κ3) is 3.18. The van der Waals surface area contributed by atoms with Gasteiger partial charge in [0.05, 0.1) is 10.2 Å². The van der Waals surface area contributed by atoms with Crippen LogP contribution < -0.4 is 5.32 Å². The number of aryl methyl sites for hydroxylation is 1. The fourth-order valence-electron chi connectivity index (χ4n) is 3.52. The van der Waals surface area contributed by atoms with E-state index >= 15 is 0 Å². The maximum atomic E-state index is 12.4. The van der Waals surface area contributed by atoms with Crippen LogP contribution in [0.2, 0.25) is 0 Å². The van der Waals surface area contributed by atoms with E-state index in [4.69, 9.17) is 4.98 Å². The van der Waals surface area contributed by atoms with Crippen LogP contribution in [0.3, 0.4) is 0 Å². The molecular weight excluding hydrogens is 372 g/mol. The van der Waals surface area contributed by atoms with E-state index in [2.05, 4.69) is 16.4 Å². The fourth-order valence-corrected chi connectivity index (χ4v) is 4.57. The Kier molecular flexibility index (Phi) is 4.16. The van der Waals surface area contributed by atoms with Crippen molar-refractivity contribution in [2.45, 2.75) is 18.8 Å². The van der Waals surface area contributed by atoms with Gasteiger partial charge < -0.3 is 10.2 Å². The second kappa shape index (κ2) is 6.83. The molecule has 1 fully saturated rings. The van der Waals surface area contributed by atoms with Crippen LogP contribution in [0.4, 0.5) is 5.82 Å². The Morgan fingerprint density at radius 3 is 2.96 bits per heavy atom. The molecule has 28 heavy (non-hydrogen) atoms. The van der Waals surface area contributed by atoms with Crippen molar-refractivity contribution in [2.75, 3.05) is 18.4 Å². The predicted octanol–water partition coefficient (Wildman–Crippen LogP) is 3.22. The molecule has 4 heterocycles. The average Bonchev–Trinajstić information content (AvgIpc) is 3.08. The number of nitrogens with one attached hydrogen (secondary N) is 1. The first kappa shape index (κ1) is 17.1. The predicted molar refractivity (Wildman–Crippen MR) is 109 cm³/mol. The van der Waals surface area contributed by atoms with E-state index in [-0.39, 0.29) is 11.8 Å². The molecule has 0 unspecified atom stereocenters. The number of rotatable bonds is 3. The Bertz CT molecular complexity index is 1080. The van der Waals surface area contributed by atoms with Gasteiger partial charge >= 0.3 is 0 Å². The summed E-state index contributed by atoms with van der Waals surface area (Å²) in [5.74, 6) is 0.951. The van der Waals surface area contributed by atoms with E-state index in [9.17, 15) is 9.59 Å². The Labute approximate surface area is 165 Å². The van der Waals surface area contributed by atoms with Crippen LogP contribution in [0, 0.1) is 0 Å². The summed E-state index contributed by atoms with van der Waals surface area (Å²) in [6, 6.07) is 10.1. The number of pyridine rings is 1. The lowest BCUT2D eigenvalue weighted by Gasteiger charge is -2.37. The minimum atomic E-state index is -0.000987. The van der Waals surface area contributed by atoms with Crippen molar-refractivity contribution in [3.05, 3.63) is 58.7 Å². The molecule has 6 nitrogen and oxygen atoms in total. The van der Waals surface area contributed by atoms with Gasteiger partial charge in [0.1, 0.15) is 10.8 Å². The van der Waals surface area contributed by atoms with E-state index in [0.717, 1.165) is 21.7 Å². The van der Waals surface area contributed by atoms with Crippen molar-refractivity contribution in [3.63, 3.8) is 0 Å². The third-order valence-corrected chi connectivity index (χ3v) is 6.34. The zero-order valence-corrected chi connectivity index (χ0v) is 15.9. The van der Waals surface area contributed by atoms with Crippen LogP contribution in [0.25, 0.3) is 16.3 Å². The van der Waals surface area contributed by atoms with E-state index in [1.165, 1.54) is 4.70 Å². The van der Waals surface area contributed by atoms with Gasteiger partial charge in [-0.25, -0.2) is 9.97 Å². The summed E-state index contributed by atoms with van der Waals surface area (Å²) in [5.41, 5.74) is 2.91. The number of hydrogen-bond donors (Lipinski definition) is 1. The zero-order chi connectivity index (χ0) is 19.1. The standard InChI is InChI=1S/C21H18N4O2S/c26-18-7-6-14-9-13(10-22-20(14)24-18)5-8-19(27)25-11-15(12-25)21-23-16-3-1-2-4-17(16)28-21/h1-5,8-10,15H,6-7,11-12H2,(H,22,24,26)/b8-5+. The van der Waals surface area contributed by atoms with Crippen molar-refractivity contribution < 1.29 is 9.59 Å². The first-order chi connectivity index (χ1) is 13.7. The maximum Gasteiger partial charge on any atom is 0.246 e. The van der Waals surface area contributed by atoms with E-state index in [1.807, 2.05) is 29.2 Å². The van der Waals surface area contributed by atoms with E-state index in [1.54, 1.807) is 29.7 Å². The molecule has 0 saturated carbocycles. The number of nitrogens with zero attached hydrogens (tertiary/aromatic N) is 3. The number of amides is 2. The Morgan fingerprint density at radius 2 is 2.11 bits per heavy atom. The summed E-state index contributed by atoms with van der Waals surface area (Å²) in [6.45, 7) is 1.41. The van der Waals surface area contributed by atoms with Gasteiger partial charge in [-0.2, -0.15) is 0 Å². The fraction of sp³-hybridized carbons (Fsp3) is 0.238. The molecule has 5 rings (SSSR count). The molecule has 2 aliphatic rings. The number of thiazole rings is 1. The van der Waals surface area contributed by atoms with Crippen molar-refractivity contribution >= 4 is 45.3 Å². The first-order valence-electron chi connectivity index (χ1n) is 9.27. The average molecular weight is 390 g/mol. The van der Waals surface area contributed by atoms with Crippen LogP contribution >= 0.6 is 11.3 Å². The van der Waals surface area contributed by atoms with Crippen LogP contribution in [0.5, 0.6) is 0 Å². The van der Waals surface area contributed by atoms with Crippen molar-refractivity contribution in [2.24, 2.45) is 0 Å². The van der Waals surface area contributed by atoms with Gasteiger partial charge in [0, 0.05) is 37.7 Å². The number of fused-ring (bicyclic) bond motifs is 2. The molecule has 3 aromatic rings. The second-order valence-corrected chi connectivity index (χ2v) is 8.18. The van der Waals surface area contributed by atoms with Crippen molar-refractivity contribution in [1.29, 1.82) is 0 Å². The Morgan fingerprint density at radius 1 is 1.25 bits per heavy atom. The summed E-state index contributed by atoms with van der Waals surface area (Å²) in [7, 11) is 0. The molecule has 0 radical (unpaired) electrons. The highest BCUT2D eigenvalue weighted by molar-refractivity contribution is 7.18. The molecule has 2 aliphatic heterocycles. The van der Waals surface area contributed by atoms with Gasteiger partial charge in [-0.1, -0.05) is 12.1 Å². The molecule has 1 N–H and O–H groups in total. The number of likely N-dealkylation sites (tertiary alicyclic amines) is 1. The van der Waals surface area contributed by atoms with Crippen molar-refractivity contribution in [1.82, 2.24) is 14.9 Å². The smallest absolute Gasteiger partial charge is 0.246 e. The number of anilines is 1. The third-order valence-electron chi connectivity index (χ3n) is 5.14. The summed E-state index contributed by atoms with van der Waals surface area (Å²) in [4.78, 5) is 34.6. The van der Waals surface area contributed by atoms with Gasteiger partial charge in [-0.3, -0.25) is 9.59 Å². The van der Waals surface area contributed by atoms with Gasteiger partial charge in [0.2, 0.25) is 11.8 Å². The molecule has 2 amide bonds. The monoisotopic (exact) mass is 390 g/mol. The normalized spacial score (nSPS) is 16.9. The molecule has 1 saturated heterocycles. The number of hydrogen-bond acceptors (Lipinski definition) is 5. The number of carbonyl (C=O) groups excluding carboxylic acids is 2. The number of carbonyl (C=O) groups is 2. The molecule has 1 aromatic carbocycles. The highest BCUT2D eigenvalue weighted by atomic mass is 32.1. The quantitative estimate of drug-likeness (QED) is 0.697. The highest BCUT2D eigenvalue weighted by Crippen LogP contribution is 2.33. The molecule has 7 heteroatoms. The first-order valence-corrected chi connectivity index (χ1v) is 10.1. The Balaban J connectivity index is 1.22. The number of aromatic nitrogens is 2. The summed E-state index contributed by atoms with van der Waals surface area (Å²) < 4.78 is 1.19. The Hall–Kier alpha value is -3.06. The maximum absolute atomic E-state index is 12.4. The van der Waals surface area contributed by atoms with Gasteiger partial charge in [0.15, 0.2) is 0 Å². The van der Waals surface area contributed by atoms with E-state index in [0.29, 0.717) is 37.7 Å². The minimum absolute atomic E-state index is 0.000987. The lowest BCUT2D eigenvalue weighted by atomic mass is 10.0. The summed E-state index contributed by atoms with van der Waals surface area (Å²) >= 11 is 1.71. The molecule has 0 atom stereocenters. The van der Waals surface area contributed by atoms with Gasteiger partial charge in [0.25, 0.3) is 0 Å². The SMILES string of the molecule is O=C1CCc2cc(/C=C/C(=O)N3CC(c4nc5ccccc5s4)C3)cnc2N1. The number of para-hydroxylation sites is 1. The lowest BCUT2D eigenvalue weighted by Crippen LogP contribution is -2.47. The topological polar surface area (TPSA) is 75.2 Å². The highest BCUT2D eigenvalue weighted by Gasteiger charge is 2.32. The second-order valence-electron chi connectivity index (χ2n) is 7.12. The lowest BCUT2D eigenvalue weighted by molar-refractivity contribution is -0.130. The van der Waals surface area contributed by atoms with E-state index < -0.39 is 0 Å². The van der Waals surface area contributed by atoms with Crippen molar-refractivity contribution in [3.8, 4) is 0 Å². The molecule has 2 aromatic heterocycles. The zero-order valence-electron chi connectivity index (χ0n) is 15.1. The molecule has 0 bridgehead atoms. The van der Waals surface area contributed by atoms with Gasteiger partial charge in [-0.15, -0.1) is 11.3 Å². The number of benzene rings is 1.